The monoisotopic (exact) mass is 365 g/mol. The summed E-state index contributed by atoms with van der Waals surface area (Å²) in [5, 5.41) is 3.11. The minimum atomic E-state index is -0.859. The number of rotatable bonds is 4. The average Bonchev–Trinajstić information content (AvgIpc) is 2.80. The number of hydrogen-bond acceptors (Lipinski definition) is 2. The Kier molecular flexibility index (Phi) is 4.95. The molecule has 1 aromatic heterocycles. The largest absolute Gasteiger partial charge is 0.313 e. The molecule has 0 bridgehead atoms. The molecule has 2 aromatic rings. The molecule has 0 amide bonds. The molecule has 0 fully saturated rings. The highest BCUT2D eigenvalue weighted by Crippen LogP contribution is 2.31. The molecule has 0 aliphatic heterocycles. The van der Waals surface area contributed by atoms with Crippen LogP contribution in [0.2, 0.25) is 4.34 Å². The van der Waals surface area contributed by atoms with Crippen molar-refractivity contribution >= 4 is 38.9 Å². The highest BCUT2D eigenvalue weighted by molar-refractivity contribution is 9.10. The van der Waals surface area contributed by atoms with E-state index < -0.39 is 11.6 Å². The van der Waals surface area contributed by atoms with E-state index in [2.05, 4.69) is 21.2 Å². The van der Waals surface area contributed by atoms with Crippen molar-refractivity contribution in [2.45, 2.75) is 12.5 Å². The third-order valence-corrected chi connectivity index (χ3v) is 4.88. The van der Waals surface area contributed by atoms with Crippen LogP contribution < -0.4 is 5.32 Å². The van der Waals surface area contributed by atoms with Crippen LogP contribution in [0.25, 0.3) is 0 Å². The lowest BCUT2D eigenvalue weighted by atomic mass is 10.0. The van der Waals surface area contributed by atoms with E-state index in [1.165, 1.54) is 11.3 Å². The van der Waals surface area contributed by atoms with Crippen LogP contribution in [-0.2, 0) is 6.42 Å². The molecule has 0 aliphatic rings. The molecule has 1 nitrogen and oxygen atoms in total. The van der Waals surface area contributed by atoms with E-state index in [1.54, 1.807) is 13.1 Å². The smallest absolute Gasteiger partial charge is 0.173 e. The van der Waals surface area contributed by atoms with Gasteiger partial charge in [0.25, 0.3) is 0 Å². The Bertz CT molecular complexity index is 588. The molecule has 1 N–H and O–H groups in total. The number of thiophene rings is 1. The van der Waals surface area contributed by atoms with Gasteiger partial charge in [-0.05, 0) is 46.7 Å². The lowest BCUT2D eigenvalue weighted by molar-refractivity contribution is 0.495. The van der Waals surface area contributed by atoms with Crippen LogP contribution >= 0.6 is 38.9 Å². The van der Waals surface area contributed by atoms with Gasteiger partial charge >= 0.3 is 0 Å². The number of likely N-dealkylation sites (N-methyl/N-ethyl adjacent to an activating group) is 1. The highest BCUT2D eigenvalue weighted by Gasteiger charge is 2.18. The fraction of sp³-hybridized carbons (Fsp3) is 0.231. The summed E-state index contributed by atoms with van der Waals surface area (Å²) in [6.45, 7) is 0. The number of nitrogens with one attached hydrogen (secondary N) is 1. The number of hydrogen-bond donors (Lipinski definition) is 1. The third-order valence-electron chi connectivity index (χ3n) is 2.82. The molecule has 0 radical (unpaired) electrons. The Morgan fingerprint density at radius 2 is 2.05 bits per heavy atom. The number of benzene rings is 1. The predicted octanol–water partition coefficient (Wildman–Crippen LogP) is 4.95. The zero-order chi connectivity index (χ0) is 14.0. The molecular formula is C13H11BrClF2NS. The van der Waals surface area contributed by atoms with E-state index in [9.17, 15) is 8.78 Å². The van der Waals surface area contributed by atoms with Crippen LogP contribution in [0, 0.1) is 11.6 Å². The van der Waals surface area contributed by atoms with Crippen LogP contribution in [0.4, 0.5) is 8.78 Å². The quantitative estimate of drug-likeness (QED) is 0.755. The van der Waals surface area contributed by atoms with Crippen molar-refractivity contribution in [1.29, 1.82) is 0 Å². The van der Waals surface area contributed by atoms with Gasteiger partial charge in [0.1, 0.15) is 0 Å². The Morgan fingerprint density at radius 3 is 2.63 bits per heavy atom. The molecule has 19 heavy (non-hydrogen) atoms. The second kappa shape index (κ2) is 6.31. The maximum Gasteiger partial charge on any atom is 0.173 e. The van der Waals surface area contributed by atoms with E-state index in [0.29, 0.717) is 16.3 Å². The molecule has 6 heteroatoms. The van der Waals surface area contributed by atoms with Crippen molar-refractivity contribution in [3.05, 3.63) is 55.1 Å². The molecule has 0 saturated carbocycles. The van der Waals surface area contributed by atoms with Crippen molar-refractivity contribution in [2.75, 3.05) is 7.05 Å². The van der Waals surface area contributed by atoms with Gasteiger partial charge in [0.2, 0.25) is 0 Å². The maximum absolute atomic E-state index is 13.6. The van der Waals surface area contributed by atoms with Crippen molar-refractivity contribution in [3.63, 3.8) is 0 Å². The van der Waals surface area contributed by atoms with E-state index in [4.69, 9.17) is 11.6 Å². The van der Waals surface area contributed by atoms with Gasteiger partial charge in [-0.25, -0.2) is 8.78 Å². The van der Waals surface area contributed by atoms with Crippen LogP contribution in [0.15, 0.2) is 28.7 Å². The minimum Gasteiger partial charge on any atom is -0.313 e. The Hall–Kier alpha value is -0.490. The summed E-state index contributed by atoms with van der Waals surface area (Å²) in [6.07, 6.45) is 0.664. The Labute approximate surface area is 127 Å². The molecule has 102 valence electrons. The molecule has 0 saturated heterocycles. The zero-order valence-electron chi connectivity index (χ0n) is 10.0. The standard InChI is InChI=1S/C13H11BrClF2NS/c1-18-10(6-7-2-5-11(15)19-7)8-3-4-9(16)13(17)12(8)14/h2-5,10,18H,6H2,1H3. The lowest BCUT2D eigenvalue weighted by Crippen LogP contribution is -2.19. The Morgan fingerprint density at radius 1 is 1.32 bits per heavy atom. The predicted molar refractivity (Wildman–Crippen MR) is 78.9 cm³/mol. The van der Waals surface area contributed by atoms with Gasteiger partial charge in [0, 0.05) is 17.3 Å². The normalized spacial score (nSPS) is 12.7. The van der Waals surface area contributed by atoms with Gasteiger partial charge in [0.15, 0.2) is 11.6 Å². The minimum absolute atomic E-state index is 0.112. The fourth-order valence-corrected chi connectivity index (χ4v) is 3.57. The van der Waals surface area contributed by atoms with E-state index >= 15 is 0 Å². The molecule has 1 unspecified atom stereocenters. The third kappa shape index (κ3) is 3.34. The van der Waals surface area contributed by atoms with Gasteiger partial charge in [-0.15, -0.1) is 11.3 Å². The second-order valence-corrected chi connectivity index (χ2v) is 6.61. The summed E-state index contributed by atoms with van der Waals surface area (Å²) in [4.78, 5) is 1.08. The molecule has 2 rings (SSSR count). The Balaban J connectivity index is 2.29. The first-order valence-corrected chi connectivity index (χ1v) is 7.56. The SMILES string of the molecule is CNC(Cc1ccc(Cl)s1)c1ccc(F)c(F)c1Br. The van der Waals surface area contributed by atoms with Crippen molar-refractivity contribution in [2.24, 2.45) is 0 Å². The summed E-state index contributed by atoms with van der Waals surface area (Å²) in [6, 6.07) is 6.37. The van der Waals surface area contributed by atoms with Crippen molar-refractivity contribution in [1.82, 2.24) is 5.32 Å². The van der Waals surface area contributed by atoms with Crippen LogP contribution in [0.1, 0.15) is 16.5 Å². The van der Waals surface area contributed by atoms with Gasteiger partial charge in [-0.2, -0.15) is 0 Å². The summed E-state index contributed by atoms with van der Waals surface area (Å²) >= 11 is 10.5. The summed E-state index contributed by atoms with van der Waals surface area (Å²) in [5.41, 5.74) is 0.686. The van der Waals surface area contributed by atoms with Gasteiger partial charge in [-0.3, -0.25) is 0 Å². The van der Waals surface area contributed by atoms with Crippen LogP contribution in [0.5, 0.6) is 0 Å². The van der Waals surface area contributed by atoms with Gasteiger partial charge in [-0.1, -0.05) is 17.7 Å². The molecule has 0 aliphatic carbocycles. The molecule has 0 spiro atoms. The first-order valence-electron chi connectivity index (χ1n) is 5.57. The first kappa shape index (κ1) is 14.9. The first-order chi connectivity index (χ1) is 9.02. The van der Waals surface area contributed by atoms with Gasteiger partial charge < -0.3 is 5.32 Å². The fourth-order valence-electron chi connectivity index (χ4n) is 1.84. The molecule has 1 heterocycles. The van der Waals surface area contributed by atoms with E-state index in [1.807, 2.05) is 12.1 Å². The lowest BCUT2D eigenvalue weighted by Gasteiger charge is -2.18. The molecule has 1 atom stereocenters. The highest BCUT2D eigenvalue weighted by atomic mass is 79.9. The van der Waals surface area contributed by atoms with Crippen molar-refractivity contribution < 1.29 is 8.78 Å². The molecular weight excluding hydrogens is 356 g/mol. The van der Waals surface area contributed by atoms with Crippen molar-refractivity contribution in [3.8, 4) is 0 Å². The second-order valence-electron chi connectivity index (χ2n) is 4.02. The summed E-state index contributed by atoms with van der Waals surface area (Å²) < 4.78 is 27.6. The zero-order valence-corrected chi connectivity index (χ0v) is 13.2. The maximum atomic E-state index is 13.6. The van der Waals surface area contributed by atoms with E-state index in [-0.39, 0.29) is 10.5 Å². The summed E-state index contributed by atoms with van der Waals surface area (Å²) in [5.74, 6) is -1.72. The summed E-state index contributed by atoms with van der Waals surface area (Å²) in [7, 11) is 1.79. The van der Waals surface area contributed by atoms with Crippen LogP contribution in [-0.4, -0.2) is 7.05 Å². The van der Waals surface area contributed by atoms with Crippen LogP contribution in [0.3, 0.4) is 0 Å². The average molecular weight is 367 g/mol. The van der Waals surface area contributed by atoms with E-state index in [0.717, 1.165) is 10.9 Å². The van der Waals surface area contributed by atoms with Gasteiger partial charge in [0.05, 0.1) is 8.81 Å². The topological polar surface area (TPSA) is 12.0 Å². The number of halogens is 4. The molecule has 1 aromatic carbocycles.